The number of hydrogen-bond donors (Lipinski definition) is 3. The topological polar surface area (TPSA) is 77.8 Å². The Bertz CT molecular complexity index is 365. The van der Waals surface area contributed by atoms with Crippen molar-refractivity contribution < 1.29 is 20.1 Å². The monoisotopic (exact) mass is 322 g/mol. The van der Waals surface area contributed by atoms with Gasteiger partial charge in [0.25, 0.3) is 0 Å². The summed E-state index contributed by atoms with van der Waals surface area (Å²) >= 11 is 2.00. The van der Waals surface area contributed by atoms with Crippen LogP contribution in [0.1, 0.15) is 15.9 Å². The van der Waals surface area contributed by atoms with Gasteiger partial charge in [0.15, 0.2) is 6.29 Å². The molecule has 3 N–H and O–H groups in total. The third-order valence-electron chi connectivity index (χ3n) is 2.03. The van der Waals surface area contributed by atoms with Gasteiger partial charge in [0.05, 0.1) is 18.3 Å². The van der Waals surface area contributed by atoms with Crippen LogP contribution in [0.4, 0.5) is 0 Å². The summed E-state index contributed by atoms with van der Waals surface area (Å²) in [5, 5.41) is 27.7. The first-order chi connectivity index (χ1) is 7.10. The number of phenols is 1. The molecule has 0 aliphatic rings. The highest BCUT2D eigenvalue weighted by atomic mass is 127. The second kappa shape index (κ2) is 5.43. The van der Waals surface area contributed by atoms with E-state index >= 15 is 0 Å². The minimum atomic E-state index is -0.925. The van der Waals surface area contributed by atoms with Crippen LogP contribution in [0.2, 0.25) is 0 Å². The first-order valence-corrected chi connectivity index (χ1v) is 5.42. The molecule has 0 saturated heterocycles. The third-order valence-corrected chi connectivity index (χ3v) is 3.04. The lowest BCUT2D eigenvalue weighted by Gasteiger charge is -2.12. The molecule has 82 valence electrons. The standard InChI is InChI=1S/C10H11IO4/c11-9-2-1-6(4-12)10(15)8(9)3-7(14)5-13/h1-2,4,7,13-15H,3,5H2. The van der Waals surface area contributed by atoms with Crippen molar-refractivity contribution >= 4 is 28.9 Å². The third kappa shape index (κ3) is 2.90. The maximum Gasteiger partial charge on any atom is 0.153 e. The van der Waals surface area contributed by atoms with E-state index in [-0.39, 0.29) is 24.3 Å². The molecule has 1 atom stereocenters. The molecule has 0 amide bonds. The van der Waals surface area contributed by atoms with Crippen molar-refractivity contribution in [1.82, 2.24) is 0 Å². The molecule has 0 aliphatic heterocycles. The highest BCUT2D eigenvalue weighted by Crippen LogP contribution is 2.27. The predicted molar refractivity (Wildman–Crippen MR) is 63.0 cm³/mol. The van der Waals surface area contributed by atoms with E-state index in [1.807, 2.05) is 22.6 Å². The summed E-state index contributed by atoms with van der Waals surface area (Å²) in [6.45, 7) is -0.374. The summed E-state index contributed by atoms with van der Waals surface area (Å²) in [6.07, 6.45) is -0.242. The molecule has 4 nitrogen and oxygen atoms in total. The number of benzene rings is 1. The first-order valence-electron chi connectivity index (χ1n) is 4.34. The average Bonchev–Trinajstić information content (AvgIpc) is 2.24. The minimum Gasteiger partial charge on any atom is -0.507 e. The molecule has 0 spiro atoms. The Kier molecular flexibility index (Phi) is 4.49. The number of aliphatic hydroxyl groups is 2. The Morgan fingerprint density at radius 1 is 1.47 bits per heavy atom. The summed E-state index contributed by atoms with van der Waals surface area (Å²) in [5.74, 6) is -0.121. The molecule has 1 aromatic rings. The van der Waals surface area contributed by atoms with Crippen LogP contribution in [0, 0.1) is 3.57 Å². The molecule has 1 unspecified atom stereocenters. The Labute approximate surface area is 101 Å². The second-order valence-corrected chi connectivity index (χ2v) is 4.28. The summed E-state index contributed by atoms with van der Waals surface area (Å²) in [4.78, 5) is 10.6. The number of hydrogen-bond acceptors (Lipinski definition) is 4. The number of carbonyl (C=O) groups excluding carboxylic acids is 1. The van der Waals surface area contributed by atoms with Crippen LogP contribution in [0.3, 0.4) is 0 Å². The highest BCUT2D eigenvalue weighted by molar-refractivity contribution is 14.1. The van der Waals surface area contributed by atoms with E-state index in [4.69, 9.17) is 5.11 Å². The highest BCUT2D eigenvalue weighted by Gasteiger charge is 2.14. The molecular formula is C10H11IO4. The van der Waals surface area contributed by atoms with Gasteiger partial charge in [-0.15, -0.1) is 0 Å². The van der Waals surface area contributed by atoms with Crippen molar-refractivity contribution in [3.63, 3.8) is 0 Å². The van der Waals surface area contributed by atoms with E-state index in [0.29, 0.717) is 11.8 Å². The Hall–Kier alpha value is -0.660. The van der Waals surface area contributed by atoms with Gasteiger partial charge in [-0.05, 0) is 34.7 Å². The fraction of sp³-hybridized carbons (Fsp3) is 0.300. The van der Waals surface area contributed by atoms with E-state index in [2.05, 4.69) is 0 Å². The summed E-state index contributed by atoms with van der Waals surface area (Å²) in [7, 11) is 0. The lowest BCUT2D eigenvalue weighted by molar-refractivity contribution is 0.0947. The zero-order chi connectivity index (χ0) is 11.4. The van der Waals surface area contributed by atoms with Crippen molar-refractivity contribution in [3.8, 4) is 5.75 Å². The SMILES string of the molecule is O=Cc1ccc(I)c(CC(O)CO)c1O. The zero-order valence-corrected chi connectivity index (χ0v) is 10.0. The lowest BCUT2D eigenvalue weighted by Crippen LogP contribution is -2.16. The van der Waals surface area contributed by atoms with Crippen LogP contribution in [-0.4, -0.2) is 34.3 Å². The molecular weight excluding hydrogens is 311 g/mol. The van der Waals surface area contributed by atoms with E-state index in [9.17, 15) is 15.0 Å². The molecule has 0 fully saturated rings. The van der Waals surface area contributed by atoms with E-state index in [1.54, 1.807) is 6.07 Å². The van der Waals surface area contributed by atoms with E-state index in [1.165, 1.54) is 6.07 Å². The molecule has 0 aromatic heterocycles. The van der Waals surface area contributed by atoms with Crippen LogP contribution in [0.25, 0.3) is 0 Å². The molecule has 0 heterocycles. The van der Waals surface area contributed by atoms with E-state index in [0.717, 1.165) is 3.57 Å². The van der Waals surface area contributed by atoms with E-state index < -0.39 is 6.10 Å². The quantitative estimate of drug-likeness (QED) is 0.563. The van der Waals surface area contributed by atoms with Gasteiger partial charge in [-0.3, -0.25) is 4.79 Å². The van der Waals surface area contributed by atoms with Crippen LogP contribution in [0.5, 0.6) is 5.75 Å². The van der Waals surface area contributed by atoms with Crippen molar-refractivity contribution in [1.29, 1.82) is 0 Å². The van der Waals surface area contributed by atoms with Gasteiger partial charge < -0.3 is 15.3 Å². The molecule has 15 heavy (non-hydrogen) atoms. The van der Waals surface area contributed by atoms with Crippen LogP contribution >= 0.6 is 22.6 Å². The Morgan fingerprint density at radius 2 is 2.13 bits per heavy atom. The number of aliphatic hydroxyl groups excluding tert-OH is 2. The summed E-state index contributed by atoms with van der Waals surface area (Å²) in [6, 6.07) is 3.20. The number of carbonyl (C=O) groups is 1. The van der Waals surface area contributed by atoms with Gasteiger partial charge >= 0.3 is 0 Å². The first kappa shape index (κ1) is 12.4. The van der Waals surface area contributed by atoms with Gasteiger partial charge in [-0.1, -0.05) is 0 Å². The smallest absolute Gasteiger partial charge is 0.153 e. The predicted octanol–water partition coefficient (Wildman–Crippen LogP) is 0.705. The second-order valence-electron chi connectivity index (χ2n) is 3.12. The number of aldehydes is 1. The molecule has 0 radical (unpaired) electrons. The van der Waals surface area contributed by atoms with Crippen molar-refractivity contribution in [2.45, 2.75) is 12.5 Å². The molecule has 1 rings (SSSR count). The fourth-order valence-electron chi connectivity index (χ4n) is 1.22. The summed E-state index contributed by atoms with van der Waals surface area (Å²) < 4.78 is 0.753. The zero-order valence-electron chi connectivity index (χ0n) is 7.85. The molecule has 0 aliphatic carbocycles. The van der Waals surface area contributed by atoms with Gasteiger partial charge in [-0.2, -0.15) is 0 Å². The number of aromatic hydroxyl groups is 1. The number of rotatable bonds is 4. The van der Waals surface area contributed by atoms with Gasteiger partial charge in [0.2, 0.25) is 0 Å². The molecule has 0 saturated carbocycles. The fourth-order valence-corrected chi connectivity index (χ4v) is 1.87. The molecule has 5 heteroatoms. The van der Waals surface area contributed by atoms with Gasteiger partial charge in [0, 0.05) is 15.6 Å². The normalized spacial score (nSPS) is 12.5. The van der Waals surface area contributed by atoms with Crippen molar-refractivity contribution in [2.24, 2.45) is 0 Å². The average molecular weight is 322 g/mol. The minimum absolute atomic E-state index is 0.121. The van der Waals surface area contributed by atoms with Crippen molar-refractivity contribution in [3.05, 3.63) is 26.8 Å². The van der Waals surface area contributed by atoms with Crippen LogP contribution in [-0.2, 0) is 6.42 Å². The van der Waals surface area contributed by atoms with Crippen molar-refractivity contribution in [2.75, 3.05) is 6.61 Å². The maximum absolute atomic E-state index is 10.6. The maximum atomic E-state index is 10.6. The molecule has 1 aromatic carbocycles. The molecule has 0 bridgehead atoms. The van der Waals surface area contributed by atoms with Gasteiger partial charge in [-0.25, -0.2) is 0 Å². The lowest BCUT2D eigenvalue weighted by atomic mass is 10.0. The van der Waals surface area contributed by atoms with Gasteiger partial charge in [0.1, 0.15) is 5.75 Å². The largest absolute Gasteiger partial charge is 0.507 e. The summed E-state index contributed by atoms with van der Waals surface area (Å²) in [5.41, 5.74) is 0.678. The van der Waals surface area contributed by atoms with Crippen LogP contribution in [0.15, 0.2) is 12.1 Å². The number of phenolic OH excluding ortho intramolecular Hbond substituents is 1. The number of halogens is 1. The van der Waals surface area contributed by atoms with Crippen LogP contribution < -0.4 is 0 Å². The Balaban J connectivity index is 3.09. The Morgan fingerprint density at radius 3 is 2.67 bits per heavy atom.